The van der Waals surface area contributed by atoms with Gasteiger partial charge >= 0.3 is 0 Å². The Labute approximate surface area is 133 Å². The third-order valence-corrected chi connectivity index (χ3v) is 4.86. The molecule has 0 bridgehead atoms. The maximum Gasteiger partial charge on any atom is 0.0612 e. The lowest BCUT2D eigenvalue weighted by molar-refractivity contribution is 0.374. The van der Waals surface area contributed by atoms with E-state index in [9.17, 15) is 0 Å². The van der Waals surface area contributed by atoms with Crippen LogP contribution in [0.15, 0.2) is 42.5 Å². The van der Waals surface area contributed by atoms with Gasteiger partial charge in [0.2, 0.25) is 0 Å². The van der Waals surface area contributed by atoms with Crippen molar-refractivity contribution >= 4 is 40.5 Å². The van der Waals surface area contributed by atoms with Gasteiger partial charge in [-0.1, -0.05) is 53.0 Å². The molecule has 0 saturated heterocycles. The van der Waals surface area contributed by atoms with Crippen LogP contribution in [0.1, 0.15) is 24.3 Å². The number of nitrogens with one attached hydrogen (secondary N) is 1. The highest BCUT2D eigenvalue weighted by atomic mass is 35.5. The van der Waals surface area contributed by atoms with Crippen LogP contribution in [-0.2, 0) is 0 Å². The van der Waals surface area contributed by atoms with Crippen LogP contribution >= 0.6 is 34.8 Å². The van der Waals surface area contributed by atoms with Crippen molar-refractivity contribution in [2.24, 2.45) is 0 Å². The summed E-state index contributed by atoms with van der Waals surface area (Å²) in [6.45, 7) is 0. The van der Waals surface area contributed by atoms with Crippen LogP contribution in [0, 0.1) is 0 Å². The topological polar surface area (TPSA) is 12.0 Å². The molecular weight excluding hydrogens is 313 g/mol. The minimum absolute atomic E-state index is 0.466. The van der Waals surface area contributed by atoms with Crippen LogP contribution in [0.3, 0.4) is 0 Å². The van der Waals surface area contributed by atoms with Gasteiger partial charge in [-0.2, -0.15) is 0 Å². The number of hydrogen-bond acceptors (Lipinski definition) is 1. The number of rotatable bonds is 3. The Morgan fingerprint density at radius 3 is 2.30 bits per heavy atom. The second-order valence-corrected chi connectivity index (χ2v) is 6.38. The zero-order valence-corrected chi connectivity index (χ0v) is 13.0. The Hall–Kier alpha value is -0.890. The molecule has 1 saturated carbocycles. The molecule has 3 rings (SSSR count). The first-order chi connectivity index (χ1) is 9.63. The van der Waals surface area contributed by atoms with Gasteiger partial charge in [-0.3, -0.25) is 0 Å². The lowest BCUT2D eigenvalue weighted by Gasteiger charge is -2.37. The first-order valence-corrected chi connectivity index (χ1v) is 7.73. The maximum absolute atomic E-state index is 6.23. The minimum Gasteiger partial charge on any atom is -0.382 e. The van der Waals surface area contributed by atoms with Crippen molar-refractivity contribution in [3.63, 3.8) is 0 Å². The fourth-order valence-electron chi connectivity index (χ4n) is 2.62. The van der Waals surface area contributed by atoms with E-state index in [0.717, 1.165) is 23.6 Å². The van der Waals surface area contributed by atoms with Crippen molar-refractivity contribution in [1.82, 2.24) is 0 Å². The summed E-state index contributed by atoms with van der Waals surface area (Å²) in [5.41, 5.74) is 2.27. The molecule has 1 N–H and O–H groups in total. The molecular formula is C16H14Cl3N. The molecule has 104 valence electrons. The predicted octanol–water partition coefficient (Wildman–Crippen LogP) is 6.00. The summed E-state index contributed by atoms with van der Waals surface area (Å²) in [6.07, 6.45) is 2.17. The number of halogens is 3. The molecule has 1 nitrogen and oxygen atoms in total. The molecule has 0 amide bonds. The van der Waals surface area contributed by atoms with Crippen LogP contribution in [0.4, 0.5) is 5.69 Å². The molecule has 4 heteroatoms. The van der Waals surface area contributed by atoms with Gasteiger partial charge in [-0.25, -0.2) is 0 Å². The highest BCUT2D eigenvalue weighted by molar-refractivity contribution is 6.42. The lowest BCUT2D eigenvalue weighted by atomic mass is 9.76. The molecule has 2 aromatic carbocycles. The molecule has 1 aliphatic carbocycles. The van der Waals surface area contributed by atoms with Crippen molar-refractivity contribution in [1.29, 1.82) is 0 Å². The standard InChI is InChI=1S/C16H14Cl3N/c17-14-4-2-1-3-13(14)10-7-12(8-10)20-11-5-6-15(18)16(19)9-11/h1-6,9-10,12,20H,7-8H2. The van der Waals surface area contributed by atoms with Crippen molar-refractivity contribution in [2.75, 3.05) is 5.32 Å². The normalized spacial score (nSPS) is 21.4. The summed E-state index contributed by atoms with van der Waals surface area (Å²) in [7, 11) is 0. The van der Waals surface area contributed by atoms with Gasteiger partial charge in [0.15, 0.2) is 0 Å². The van der Waals surface area contributed by atoms with Crippen molar-refractivity contribution in [2.45, 2.75) is 24.8 Å². The van der Waals surface area contributed by atoms with E-state index in [4.69, 9.17) is 34.8 Å². The van der Waals surface area contributed by atoms with Crippen LogP contribution < -0.4 is 5.32 Å². The van der Waals surface area contributed by atoms with Crippen LogP contribution in [0.2, 0.25) is 15.1 Å². The van der Waals surface area contributed by atoms with E-state index >= 15 is 0 Å². The van der Waals surface area contributed by atoms with Crippen LogP contribution in [0.25, 0.3) is 0 Å². The fourth-order valence-corrected chi connectivity index (χ4v) is 3.21. The summed E-state index contributed by atoms with van der Waals surface area (Å²) in [4.78, 5) is 0. The molecule has 0 heterocycles. The van der Waals surface area contributed by atoms with Gasteiger partial charge in [0.25, 0.3) is 0 Å². The highest BCUT2D eigenvalue weighted by Crippen LogP contribution is 2.41. The first-order valence-electron chi connectivity index (χ1n) is 6.59. The van der Waals surface area contributed by atoms with Gasteiger partial charge in [-0.15, -0.1) is 0 Å². The molecule has 0 unspecified atom stereocenters. The van der Waals surface area contributed by atoms with Gasteiger partial charge in [0.1, 0.15) is 0 Å². The van der Waals surface area contributed by atoms with Gasteiger partial charge in [0, 0.05) is 16.8 Å². The molecule has 0 aliphatic heterocycles. The monoisotopic (exact) mass is 325 g/mol. The van der Waals surface area contributed by atoms with Crippen molar-refractivity contribution in [3.05, 3.63) is 63.1 Å². The Morgan fingerprint density at radius 2 is 1.60 bits per heavy atom. The molecule has 1 fully saturated rings. The van der Waals surface area contributed by atoms with E-state index in [1.165, 1.54) is 5.56 Å². The Kier molecular flexibility index (Phi) is 4.11. The number of hydrogen-bond donors (Lipinski definition) is 1. The summed E-state index contributed by atoms with van der Waals surface area (Å²) in [5.74, 6) is 0.545. The number of anilines is 1. The van der Waals surface area contributed by atoms with E-state index in [0.29, 0.717) is 22.0 Å². The van der Waals surface area contributed by atoms with E-state index in [2.05, 4.69) is 11.4 Å². The molecule has 1 aliphatic rings. The van der Waals surface area contributed by atoms with E-state index in [-0.39, 0.29) is 0 Å². The van der Waals surface area contributed by atoms with Crippen molar-refractivity contribution in [3.8, 4) is 0 Å². The molecule has 20 heavy (non-hydrogen) atoms. The smallest absolute Gasteiger partial charge is 0.0612 e. The van der Waals surface area contributed by atoms with Gasteiger partial charge in [0.05, 0.1) is 10.0 Å². The molecule has 0 atom stereocenters. The van der Waals surface area contributed by atoms with E-state index < -0.39 is 0 Å². The van der Waals surface area contributed by atoms with Crippen LogP contribution in [0.5, 0.6) is 0 Å². The summed E-state index contributed by atoms with van der Waals surface area (Å²) in [6, 6.07) is 14.2. The zero-order valence-electron chi connectivity index (χ0n) is 10.7. The second kappa shape index (κ2) is 5.85. The fraction of sp³-hybridized carbons (Fsp3) is 0.250. The van der Waals surface area contributed by atoms with Gasteiger partial charge in [-0.05, 0) is 48.6 Å². The zero-order chi connectivity index (χ0) is 14.1. The Bertz CT molecular complexity index is 621. The second-order valence-electron chi connectivity index (χ2n) is 5.16. The molecule has 0 aromatic heterocycles. The van der Waals surface area contributed by atoms with E-state index in [1.54, 1.807) is 0 Å². The maximum atomic E-state index is 6.23. The lowest BCUT2D eigenvalue weighted by Crippen LogP contribution is -2.34. The SMILES string of the molecule is Clc1ccc(NC2CC(c3ccccc3Cl)C2)cc1Cl. The summed E-state index contributed by atoms with van der Waals surface area (Å²) < 4.78 is 0. The van der Waals surface area contributed by atoms with Gasteiger partial charge < -0.3 is 5.32 Å². The summed E-state index contributed by atoms with van der Waals surface area (Å²) >= 11 is 18.2. The van der Waals surface area contributed by atoms with Crippen LogP contribution in [-0.4, -0.2) is 6.04 Å². The average molecular weight is 327 g/mol. The minimum atomic E-state index is 0.466. The Balaban J connectivity index is 1.61. The quantitative estimate of drug-likeness (QED) is 0.729. The largest absolute Gasteiger partial charge is 0.382 e. The average Bonchev–Trinajstić information content (AvgIpc) is 2.39. The van der Waals surface area contributed by atoms with Crippen molar-refractivity contribution < 1.29 is 0 Å². The molecule has 0 radical (unpaired) electrons. The predicted molar refractivity (Wildman–Crippen MR) is 87.3 cm³/mol. The molecule has 2 aromatic rings. The summed E-state index contributed by atoms with van der Waals surface area (Å²) in [5, 5.41) is 5.51. The third kappa shape index (κ3) is 2.90. The van der Waals surface area contributed by atoms with E-state index in [1.807, 2.05) is 36.4 Å². The Morgan fingerprint density at radius 1 is 0.850 bits per heavy atom. The first kappa shape index (κ1) is 14.1. The molecule has 0 spiro atoms. The highest BCUT2D eigenvalue weighted by Gasteiger charge is 2.31. The number of benzene rings is 2. The third-order valence-electron chi connectivity index (χ3n) is 3.77.